The number of alkyl halides is 3. The van der Waals surface area contributed by atoms with Gasteiger partial charge in [0.2, 0.25) is 0 Å². The monoisotopic (exact) mass is 636 g/mol. The number of benzene rings is 1. The predicted molar refractivity (Wildman–Crippen MR) is 169 cm³/mol. The maximum Gasteiger partial charge on any atom is 0.393 e. The van der Waals surface area contributed by atoms with Crippen LogP contribution in [0.1, 0.15) is 108 Å². The van der Waals surface area contributed by atoms with Crippen molar-refractivity contribution in [3.05, 3.63) is 41.5 Å². The Kier molecular flexibility index (Phi) is 13.6. The Morgan fingerprint density at radius 3 is 2.20 bits per heavy atom. The van der Waals surface area contributed by atoms with E-state index >= 15 is 0 Å². The Balaban J connectivity index is 1.64. The number of carbonyl (C=O) groups excluding carboxylic acids is 1. The van der Waals surface area contributed by atoms with Crippen LogP contribution in [0.2, 0.25) is 0 Å². The minimum Gasteiger partial charge on any atom is -0.494 e. The lowest BCUT2D eigenvalue weighted by Gasteiger charge is -2.17. The van der Waals surface area contributed by atoms with Crippen LogP contribution < -0.4 is 10.1 Å². The number of nitrogens with one attached hydrogen (secondary N) is 1. The summed E-state index contributed by atoms with van der Waals surface area (Å²) in [7, 11) is 1.19. The zero-order valence-electron chi connectivity index (χ0n) is 27.3. The number of methoxy groups -OCH3 is 1. The standard InChI is InChI=1S/C34H48F4N4O3/c1-6-39-32(43)31-26-22-40-28(25-19-27(35)30(44-5)18-24(25)21-34(36,37)38)20-29(26)42(41-31)23-45-17-15-13-11-9-7-8-10-12-14-16-33(2,3)4/h18-20,22H,6-17,21,23H2,1-5H3,(H,39,43). The van der Waals surface area contributed by atoms with Crippen LogP contribution in [-0.4, -0.2) is 47.1 Å². The molecule has 0 spiro atoms. The highest BCUT2D eigenvalue weighted by Crippen LogP contribution is 2.35. The molecule has 11 heteroatoms. The Morgan fingerprint density at radius 1 is 0.956 bits per heavy atom. The number of fused-ring (bicyclic) bond motifs is 1. The normalized spacial score (nSPS) is 12.2. The lowest BCUT2D eigenvalue weighted by Crippen LogP contribution is -2.23. The quantitative estimate of drug-likeness (QED) is 0.111. The minimum absolute atomic E-state index is 0.0225. The fraction of sp³-hybridized carbons (Fsp3) is 0.618. The minimum atomic E-state index is -4.53. The molecular weight excluding hydrogens is 588 g/mol. The molecule has 0 fully saturated rings. The van der Waals surface area contributed by atoms with Gasteiger partial charge < -0.3 is 14.8 Å². The van der Waals surface area contributed by atoms with Crippen molar-refractivity contribution >= 4 is 16.8 Å². The van der Waals surface area contributed by atoms with Crippen molar-refractivity contribution in [3.8, 4) is 17.0 Å². The van der Waals surface area contributed by atoms with Gasteiger partial charge in [0, 0.05) is 24.9 Å². The topological polar surface area (TPSA) is 78.3 Å². The molecular formula is C34H48F4N4O3. The molecule has 0 aliphatic carbocycles. The average Bonchev–Trinajstić information content (AvgIpc) is 3.33. The Morgan fingerprint density at radius 2 is 1.60 bits per heavy atom. The first-order valence-corrected chi connectivity index (χ1v) is 16.0. The molecule has 45 heavy (non-hydrogen) atoms. The first kappa shape index (κ1) is 36.3. The predicted octanol–water partition coefficient (Wildman–Crippen LogP) is 9.02. The molecule has 1 amide bonds. The zero-order chi connectivity index (χ0) is 33.0. The summed E-state index contributed by atoms with van der Waals surface area (Å²) >= 11 is 0. The number of carbonyl (C=O) groups is 1. The van der Waals surface area contributed by atoms with Crippen LogP contribution in [-0.2, 0) is 17.9 Å². The maximum atomic E-state index is 14.6. The molecule has 2 heterocycles. The number of rotatable bonds is 18. The van der Waals surface area contributed by atoms with Crippen molar-refractivity contribution in [2.45, 2.75) is 111 Å². The Bertz CT molecular complexity index is 1380. The van der Waals surface area contributed by atoms with E-state index in [0.29, 0.717) is 29.5 Å². The highest BCUT2D eigenvalue weighted by molar-refractivity contribution is 6.05. The van der Waals surface area contributed by atoms with Crippen molar-refractivity contribution in [2.75, 3.05) is 20.3 Å². The summed E-state index contributed by atoms with van der Waals surface area (Å²) in [6.45, 7) is 9.58. The van der Waals surface area contributed by atoms with Crippen LogP contribution in [0, 0.1) is 11.2 Å². The SMILES string of the molecule is CCNC(=O)c1nn(COCCCCCCCCCCCC(C)(C)C)c2cc(-c3cc(F)c(OC)cc3CC(F)(F)F)ncc12. The van der Waals surface area contributed by atoms with Crippen molar-refractivity contribution in [1.82, 2.24) is 20.1 Å². The van der Waals surface area contributed by atoms with E-state index in [9.17, 15) is 22.4 Å². The van der Waals surface area contributed by atoms with E-state index in [4.69, 9.17) is 9.47 Å². The third kappa shape index (κ3) is 11.6. The van der Waals surface area contributed by atoms with E-state index in [1.54, 1.807) is 6.92 Å². The summed E-state index contributed by atoms with van der Waals surface area (Å²) in [6.07, 6.45) is 7.53. The molecule has 0 unspecified atom stereocenters. The molecule has 0 aliphatic heterocycles. The molecule has 7 nitrogen and oxygen atoms in total. The number of nitrogens with zero attached hydrogens (tertiary/aromatic N) is 3. The molecule has 0 atom stereocenters. The summed E-state index contributed by atoms with van der Waals surface area (Å²) < 4.78 is 67.2. The summed E-state index contributed by atoms with van der Waals surface area (Å²) in [5, 5.41) is 7.57. The van der Waals surface area contributed by atoms with E-state index in [1.807, 2.05) is 0 Å². The van der Waals surface area contributed by atoms with Gasteiger partial charge in [0.1, 0.15) is 6.73 Å². The van der Waals surface area contributed by atoms with Gasteiger partial charge in [-0.3, -0.25) is 9.78 Å². The van der Waals surface area contributed by atoms with Crippen LogP contribution in [0.25, 0.3) is 22.2 Å². The van der Waals surface area contributed by atoms with E-state index in [2.05, 4.69) is 36.2 Å². The van der Waals surface area contributed by atoms with Crippen molar-refractivity contribution in [1.29, 1.82) is 0 Å². The first-order valence-electron chi connectivity index (χ1n) is 16.0. The zero-order valence-corrected chi connectivity index (χ0v) is 27.3. The molecule has 0 saturated heterocycles. The molecule has 0 saturated carbocycles. The molecule has 3 aromatic rings. The van der Waals surface area contributed by atoms with Gasteiger partial charge in [-0.15, -0.1) is 0 Å². The number of aromatic nitrogens is 3. The lowest BCUT2D eigenvalue weighted by atomic mass is 9.89. The van der Waals surface area contributed by atoms with E-state index < -0.39 is 24.3 Å². The van der Waals surface area contributed by atoms with Gasteiger partial charge >= 0.3 is 6.18 Å². The van der Waals surface area contributed by atoms with Gasteiger partial charge in [0.05, 0.1) is 30.1 Å². The van der Waals surface area contributed by atoms with E-state index in [0.717, 1.165) is 31.4 Å². The number of unbranched alkanes of at least 4 members (excludes halogenated alkanes) is 8. The van der Waals surface area contributed by atoms with Crippen LogP contribution in [0.3, 0.4) is 0 Å². The molecule has 250 valence electrons. The summed E-state index contributed by atoms with van der Waals surface area (Å²) in [4.78, 5) is 17.0. The number of amides is 1. The highest BCUT2D eigenvalue weighted by Gasteiger charge is 2.30. The number of ether oxygens (including phenoxy) is 2. The fourth-order valence-corrected chi connectivity index (χ4v) is 5.33. The molecule has 1 N–H and O–H groups in total. The molecule has 1 aromatic carbocycles. The fourth-order valence-electron chi connectivity index (χ4n) is 5.33. The summed E-state index contributed by atoms with van der Waals surface area (Å²) in [6, 6.07) is 3.54. The lowest BCUT2D eigenvalue weighted by molar-refractivity contribution is -0.127. The molecule has 0 bridgehead atoms. The maximum absolute atomic E-state index is 14.6. The number of hydrogen-bond acceptors (Lipinski definition) is 5. The van der Waals surface area contributed by atoms with Crippen LogP contribution >= 0.6 is 0 Å². The Labute approximate surface area is 264 Å². The van der Waals surface area contributed by atoms with Gasteiger partial charge in [-0.05, 0) is 48.9 Å². The third-order valence-corrected chi connectivity index (χ3v) is 7.66. The Hall–Kier alpha value is -3.21. The summed E-state index contributed by atoms with van der Waals surface area (Å²) in [5.74, 6) is -1.50. The highest BCUT2D eigenvalue weighted by atomic mass is 19.4. The van der Waals surface area contributed by atoms with E-state index in [1.165, 1.54) is 69.0 Å². The summed E-state index contributed by atoms with van der Waals surface area (Å²) in [5.41, 5.74) is 0.897. The second-order valence-corrected chi connectivity index (χ2v) is 12.8. The number of pyridine rings is 1. The largest absolute Gasteiger partial charge is 0.494 e. The van der Waals surface area contributed by atoms with Crippen LogP contribution in [0.15, 0.2) is 24.4 Å². The van der Waals surface area contributed by atoms with Crippen molar-refractivity contribution in [2.24, 2.45) is 5.41 Å². The van der Waals surface area contributed by atoms with Crippen LogP contribution in [0.4, 0.5) is 17.6 Å². The van der Waals surface area contributed by atoms with Gasteiger partial charge in [0.25, 0.3) is 5.91 Å². The molecule has 0 aliphatic rings. The number of halogens is 4. The first-order chi connectivity index (χ1) is 21.3. The van der Waals surface area contributed by atoms with Gasteiger partial charge in [-0.1, -0.05) is 72.1 Å². The van der Waals surface area contributed by atoms with E-state index in [-0.39, 0.29) is 35.0 Å². The van der Waals surface area contributed by atoms with Gasteiger partial charge in [-0.25, -0.2) is 9.07 Å². The molecule has 3 rings (SSSR count). The average molecular weight is 637 g/mol. The van der Waals surface area contributed by atoms with Gasteiger partial charge in [0.15, 0.2) is 17.3 Å². The second kappa shape index (κ2) is 16.9. The number of hydrogen-bond donors (Lipinski definition) is 1. The van der Waals surface area contributed by atoms with Crippen molar-refractivity contribution < 1.29 is 31.8 Å². The second-order valence-electron chi connectivity index (χ2n) is 12.8. The third-order valence-electron chi connectivity index (χ3n) is 7.66. The van der Waals surface area contributed by atoms with Gasteiger partial charge in [-0.2, -0.15) is 18.3 Å². The molecule has 0 radical (unpaired) electrons. The smallest absolute Gasteiger partial charge is 0.393 e. The van der Waals surface area contributed by atoms with Crippen LogP contribution in [0.5, 0.6) is 5.75 Å². The van der Waals surface area contributed by atoms with Crippen molar-refractivity contribution in [3.63, 3.8) is 0 Å². The molecule has 2 aromatic heterocycles.